The summed E-state index contributed by atoms with van der Waals surface area (Å²) in [6.07, 6.45) is 6.71. The number of Topliss-reactive ketones (excluding diaryl/α,β-unsaturated/α-hetero) is 2. The maximum Gasteiger partial charge on any atom is 0.306 e. The zero-order chi connectivity index (χ0) is 32.6. The topological polar surface area (TPSA) is 60.4 Å². The van der Waals surface area contributed by atoms with Gasteiger partial charge in [-0.15, -0.1) is 0 Å². The van der Waals surface area contributed by atoms with Gasteiger partial charge >= 0.3 is 5.97 Å². The summed E-state index contributed by atoms with van der Waals surface area (Å²) in [6, 6.07) is 0. The third-order valence-electron chi connectivity index (χ3n) is 4.29. The molecule has 0 heterocycles. The molecule has 240 valence electrons. The molecule has 0 bridgehead atoms. The summed E-state index contributed by atoms with van der Waals surface area (Å²) in [6.45, 7) is 37.9. The molecule has 0 aromatic heterocycles. The van der Waals surface area contributed by atoms with Crippen molar-refractivity contribution in [1.82, 2.24) is 0 Å². The van der Waals surface area contributed by atoms with Crippen LogP contribution in [-0.2, 0) is 19.1 Å². The van der Waals surface area contributed by atoms with E-state index in [1.807, 2.05) is 41.5 Å². The van der Waals surface area contributed by atoms with Gasteiger partial charge in [-0.05, 0) is 49.4 Å². The Balaban J connectivity index is -0.0000000854. The van der Waals surface area contributed by atoms with E-state index >= 15 is 0 Å². The molecule has 0 amide bonds. The number of carbonyl (C=O) groups excluding carboxylic acids is 3. The van der Waals surface area contributed by atoms with Crippen LogP contribution in [0.2, 0.25) is 0 Å². The summed E-state index contributed by atoms with van der Waals surface area (Å²) in [5.74, 6) is 4.65. The molecule has 4 heteroatoms. The Hall–Kier alpha value is -1.19. The average molecular weight is 561 g/mol. The van der Waals surface area contributed by atoms with E-state index in [1.165, 1.54) is 19.3 Å². The predicted molar refractivity (Wildman–Crippen MR) is 176 cm³/mol. The van der Waals surface area contributed by atoms with Crippen LogP contribution < -0.4 is 0 Å². The number of carbonyl (C=O) groups is 3. The lowest BCUT2D eigenvalue weighted by Crippen LogP contribution is -2.06. The van der Waals surface area contributed by atoms with Gasteiger partial charge in [-0.25, -0.2) is 0 Å². The molecule has 0 radical (unpaired) electrons. The molecule has 0 aliphatic rings. The van der Waals surface area contributed by atoms with E-state index < -0.39 is 0 Å². The second-order valence-corrected chi connectivity index (χ2v) is 12.9. The Kier molecular flexibility index (Phi) is 50.6. The maximum absolute atomic E-state index is 10.6. The fraction of sp³-hybridized carbons (Fsp3) is 0.914. The minimum atomic E-state index is -0.0903. The molecule has 0 unspecified atom stereocenters. The van der Waals surface area contributed by atoms with Gasteiger partial charge in [-0.2, -0.15) is 0 Å². The molecule has 0 rings (SSSR count). The molecule has 0 aliphatic carbocycles. The second kappa shape index (κ2) is 39.0. The first-order valence-corrected chi connectivity index (χ1v) is 15.9. The zero-order valence-electron chi connectivity index (χ0n) is 30.3. The first-order valence-electron chi connectivity index (χ1n) is 15.9. The van der Waals surface area contributed by atoms with Gasteiger partial charge in [0.1, 0.15) is 11.6 Å². The molecule has 0 saturated carbocycles. The number of esters is 1. The lowest BCUT2D eigenvalue weighted by molar-refractivity contribution is -0.144. The summed E-state index contributed by atoms with van der Waals surface area (Å²) >= 11 is 0. The number of hydrogen-bond acceptors (Lipinski definition) is 4. The SMILES string of the molecule is CC(=O)CC(C)C.CC(C)C.CCC(=O)CC(C)C.CCC(C)C.CCCC(C)C.CCOC(=O)CC(C)C. The molecule has 0 atom stereocenters. The Labute approximate surface area is 248 Å². The molecule has 0 aromatic carbocycles. The van der Waals surface area contributed by atoms with Crippen LogP contribution in [0.5, 0.6) is 0 Å². The molecule has 0 N–H and O–H groups in total. The summed E-state index contributed by atoms with van der Waals surface area (Å²) in [4.78, 5) is 31.5. The van der Waals surface area contributed by atoms with E-state index in [1.54, 1.807) is 6.92 Å². The van der Waals surface area contributed by atoms with E-state index in [-0.39, 0.29) is 11.8 Å². The lowest BCUT2D eigenvalue weighted by atomic mass is 10.1. The number of ether oxygens (including phenoxy) is 1. The molecular formula is C35H76O4. The molecule has 0 aliphatic heterocycles. The molecule has 0 saturated heterocycles. The van der Waals surface area contributed by atoms with Crippen LogP contribution in [0.4, 0.5) is 0 Å². The van der Waals surface area contributed by atoms with Gasteiger partial charge in [-0.1, -0.05) is 130 Å². The van der Waals surface area contributed by atoms with Crippen LogP contribution in [0.1, 0.15) is 170 Å². The minimum Gasteiger partial charge on any atom is -0.466 e. The smallest absolute Gasteiger partial charge is 0.306 e. The standard InChI is InChI=1S/C7H14O2.C7H14O.C6H12O.C6H14.C5H12.C4H10/c1-4-9-7(8)5-6(2)3;1-4-7(8)5-6(2)3;1-5(2)4-6(3)7;1-4-5-6(2)3;1-4-5(2)3;1-4(2)3/h6H,4-5H2,1-3H3;6H,4-5H2,1-3H3;5H,4H2,1-3H3;6H,4-5H2,1-3H3;5H,4H2,1-3H3;4H,1-3H3. The third-order valence-corrected chi connectivity index (χ3v) is 4.29. The van der Waals surface area contributed by atoms with Gasteiger partial charge in [0.25, 0.3) is 0 Å². The number of hydrogen-bond donors (Lipinski definition) is 0. The van der Waals surface area contributed by atoms with Crippen molar-refractivity contribution in [3.05, 3.63) is 0 Å². The van der Waals surface area contributed by atoms with Gasteiger partial charge < -0.3 is 9.53 Å². The van der Waals surface area contributed by atoms with E-state index in [0.717, 1.165) is 30.6 Å². The predicted octanol–water partition coefficient (Wildman–Crippen LogP) is 11.4. The van der Waals surface area contributed by atoms with Crippen LogP contribution in [0, 0.1) is 35.5 Å². The molecule has 0 spiro atoms. The van der Waals surface area contributed by atoms with Crippen LogP contribution in [0.15, 0.2) is 0 Å². The van der Waals surface area contributed by atoms with Crippen molar-refractivity contribution < 1.29 is 19.1 Å². The van der Waals surface area contributed by atoms with E-state index in [4.69, 9.17) is 4.74 Å². The van der Waals surface area contributed by atoms with Gasteiger partial charge in [0.15, 0.2) is 0 Å². The molecular weight excluding hydrogens is 484 g/mol. The molecule has 0 aromatic rings. The van der Waals surface area contributed by atoms with Gasteiger partial charge in [0.2, 0.25) is 0 Å². The second-order valence-electron chi connectivity index (χ2n) is 12.9. The number of rotatable bonds is 11. The van der Waals surface area contributed by atoms with Crippen molar-refractivity contribution in [2.24, 2.45) is 35.5 Å². The third kappa shape index (κ3) is 103. The monoisotopic (exact) mass is 561 g/mol. The van der Waals surface area contributed by atoms with Crippen LogP contribution in [-0.4, -0.2) is 24.1 Å². The van der Waals surface area contributed by atoms with Crippen molar-refractivity contribution in [2.75, 3.05) is 6.61 Å². The normalized spacial score (nSPS) is 9.74. The largest absolute Gasteiger partial charge is 0.466 e. The van der Waals surface area contributed by atoms with Gasteiger partial charge in [0.05, 0.1) is 6.61 Å². The minimum absolute atomic E-state index is 0.0903. The van der Waals surface area contributed by atoms with Crippen LogP contribution >= 0.6 is 0 Å². The highest BCUT2D eigenvalue weighted by molar-refractivity contribution is 5.78. The highest BCUT2D eigenvalue weighted by Gasteiger charge is 2.03. The molecule has 39 heavy (non-hydrogen) atoms. The van der Waals surface area contributed by atoms with E-state index in [9.17, 15) is 14.4 Å². The fourth-order valence-corrected chi connectivity index (χ4v) is 2.31. The van der Waals surface area contributed by atoms with Gasteiger partial charge in [0, 0.05) is 25.7 Å². The molecule has 4 nitrogen and oxygen atoms in total. The lowest BCUT2D eigenvalue weighted by Gasteiger charge is -2.02. The van der Waals surface area contributed by atoms with E-state index in [0.29, 0.717) is 43.0 Å². The average Bonchev–Trinajstić information content (AvgIpc) is 2.73. The van der Waals surface area contributed by atoms with Crippen LogP contribution in [0.3, 0.4) is 0 Å². The Morgan fingerprint density at radius 3 is 1.03 bits per heavy atom. The highest BCUT2D eigenvalue weighted by Crippen LogP contribution is 2.02. The maximum atomic E-state index is 10.6. The van der Waals surface area contributed by atoms with E-state index in [2.05, 4.69) is 76.2 Å². The quantitative estimate of drug-likeness (QED) is 0.236. The highest BCUT2D eigenvalue weighted by atomic mass is 16.5. The van der Waals surface area contributed by atoms with Crippen molar-refractivity contribution in [3.8, 4) is 0 Å². The Morgan fingerprint density at radius 1 is 0.564 bits per heavy atom. The first kappa shape index (κ1) is 50.6. The fourth-order valence-electron chi connectivity index (χ4n) is 2.31. The first-order chi connectivity index (χ1) is 17.7. The number of ketones is 2. The van der Waals surface area contributed by atoms with Crippen LogP contribution in [0.25, 0.3) is 0 Å². The molecule has 0 fully saturated rings. The van der Waals surface area contributed by atoms with Gasteiger partial charge in [-0.3, -0.25) is 9.59 Å². The summed E-state index contributed by atoms with van der Waals surface area (Å²) in [7, 11) is 0. The van der Waals surface area contributed by atoms with Crippen molar-refractivity contribution >= 4 is 17.5 Å². The zero-order valence-corrected chi connectivity index (χ0v) is 30.3. The van der Waals surface area contributed by atoms with Crippen molar-refractivity contribution in [2.45, 2.75) is 170 Å². The Bertz CT molecular complexity index is 486. The van der Waals surface area contributed by atoms with Crippen molar-refractivity contribution in [1.29, 1.82) is 0 Å². The summed E-state index contributed by atoms with van der Waals surface area (Å²) in [5.41, 5.74) is 0. The Morgan fingerprint density at radius 2 is 0.923 bits per heavy atom. The van der Waals surface area contributed by atoms with Crippen molar-refractivity contribution in [3.63, 3.8) is 0 Å². The summed E-state index contributed by atoms with van der Waals surface area (Å²) < 4.78 is 4.71. The summed E-state index contributed by atoms with van der Waals surface area (Å²) in [5, 5.41) is 0.